The number of carbonyl (C=O) groups is 1. The molecule has 1 aliphatic heterocycles. The molecule has 0 atom stereocenters. The molecule has 22 heavy (non-hydrogen) atoms. The molecule has 0 bridgehead atoms. The average Bonchev–Trinajstić information content (AvgIpc) is 2.96. The van der Waals surface area contributed by atoms with E-state index >= 15 is 0 Å². The van der Waals surface area contributed by atoms with E-state index in [1.54, 1.807) is 6.08 Å². The lowest BCUT2D eigenvalue weighted by Gasteiger charge is -2.06. The first kappa shape index (κ1) is 16.4. The van der Waals surface area contributed by atoms with Gasteiger partial charge in [-0.1, -0.05) is 19.9 Å². The Kier molecular flexibility index (Phi) is 6.27. The molecule has 0 saturated carbocycles. The molecule has 120 valence electrons. The predicted octanol–water partition coefficient (Wildman–Crippen LogP) is 3.03. The fraction of sp³-hybridized carbons (Fsp3) is 0.471. The van der Waals surface area contributed by atoms with Gasteiger partial charge in [0.15, 0.2) is 11.5 Å². The number of benzene rings is 1. The summed E-state index contributed by atoms with van der Waals surface area (Å²) in [5.41, 5.74) is 0.856. The second-order valence-electron chi connectivity index (χ2n) is 5.41. The van der Waals surface area contributed by atoms with E-state index in [1.165, 1.54) is 6.08 Å². The molecule has 1 aliphatic rings. The molecule has 0 saturated heterocycles. The molecule has 0 spiro atoms. The molecule has 0 N–H and O–H groups in total. The second kappa shape index (κ2) is 8.44. The van der Waals surface area contributed by atoms with E-state index in [9.17, 15) is 4.79 Å². The number of hydrogen-bond donors (Lipinski definition) is 0. The van der Waals surface area contributed by atoms with Gasteiger partial charge in [0, 0.05) is 12.7 Å². The molecule has 1 aromatic carbocycles. The van der Waals surface area contributed by atoms with Crippen LogP contribution >= 0.6 is 0 Å². The maximum atomic E-state index is 11.6. The smallest absolute Gasteiger partial charge is 0.330 e. The van der Waals surface area contributed by atoms with Crippen LogP contribution in [0.2, 0.25) is 0 Å². The van der Waals surface area contributed by atoms with Gasteiger partial charge in [-0.15, -0.1) is 0 Å². The molecule has 2 rings (SSSR count). The van der Waals surface area contributed by atoms with Crippen molar-refractivity contribution in [2.45, 2.75) is 20.3 Å². The molecule has 0 aliphatic carbocycles. The molecule has 0 radical (unpaired) electrons. The summed E-state index contributed by atoms with van der Waals surface area (Å²) in [5.74, 6) is 1.64. The molecule has 5 heteroatoms. The molecule has 1 heterocycles. The summed E-state index contributed by atoms with van der Waals surface area (Å²) in [4.78, 5) is 11.6. The third-order valence-corrected chi connectivity index (χ3v) is 3.12. The summed E-state index contributed by atoms with van der Waals surface area (Å²) in [6, 6.07) is 5.49. The van der Waals surface area contributed by atoms with Crippen LogP contribution in [0, 0.1) is 5.92 Å². The molecule has 1 aromatic rings. The molecule has 0 amide bonds. The Morgan fingerprint density at radius 3 is 2.86 bits per heavy atom. The lowest BCUT2D eigenvalue weighted by molar-refractivity contribution is -0.139. The minimum Gasteiger partial charge on any atom is -0.460 e. The normalized spacial score (nSPS) is 13.0. The molecule has 0 unspecified atom stereocenters. The number of hydrogen-bond acceptors (Lipinski definition) is 5. The first-order chi connectivity index (χ1) is 10.6. The fourth-order valence-corrected chi connectivity index (χ4v) is 1.85. The number of ether oxygens (including phenoxy) is 4. The van der Waals surface area contributed by atoms with Gasteiger partial charge < -0.3 is 18.9 Å². The largest absolute Gasteiger partial charge is 0.460 e. The van der Waals surface area contributed by atoms with E-state index in [4.69, 9.17) is 18.9 Å². The summed E-state index contributed by atoms with van der Waals surface area (Å²) in [7, 11) is 0. The quantitative estimate of drug-likeness (QED) is 0.420. The molecule has 0 fully saturated rings. The van der Waals surface area contributed by atoms with Crippen molar-refractivity contribution in [1.82, 2.24) is 0 Å². The topological polar surface area (TPSA) is 54.0 Å². The van der Waals surface area contributed by atoms with Crippen LogP contribution in [0.4, 0.5) is 0 Å². The summed E-state index contributed by atoms with van der Waals surface area (Å²) in [6.07, 6.45) is 4.09. The Hall–Kier alpha value is -2.01. The summed E-state index contributed by atoms with van der Waals surface area (Å²) in [6.45, 7) is 5.91. The number of carbonyl (C=O) groups excluding carboxylic acids is 1. The van der Waals surface area contributed by atoms with E-state index in [1.807, 2.05) is 18.2 Å². The van der Waals surface area contributed by atoms with E-state index in [0.717, 1.165) is 17.7 Å². The number of rotatable bonds is 8. The third-order valence-electron chi connectivity index (χ3n) is 3.12. The van der Waals surface area contributed by atoms with Crippen LogP contribution in [0.25, 0.3) is 6.08 Å². The van der Waals surface area contributed by atoms with Gasteiger partial charge in [0.2, 0.25) is 6.79 Å². The summed E-state index contributed by atoms with van der Waals surface area (Å²) in [5, 5.41) is 0. The van der Waals surface area contributed by atoms with Gasteiger partial charge in [0.05, 0.1) is 6.61 Å². The van der Waals surface area contributed by atoms with Crippen LogP contribution in [-0.4, -0.2) is 32.6 Å². The molecular formula is C17H22O5. The zero-order valence-corrected chi connectivity index (χ0v) is 13.0. The third kappa shape index (κ3) is 5.41. The average molecular weight is 306 g/mol. The first-order valence-electron chi connectivity index (χ1n) is 7.47. The van der Waals surface area contributed by atoms with E-state index < -0.39 is 0 Å². The Morgan fingerprint density at radius 2 is 2.05 bits per heavy atom. The van der Waals surface area contributed by atoms with Gasteiger partial charge in [0.1, 0.15) is 6.61 Å². The fourth-order valence-electron chi connectivity index (χ4n) is 1.85. The van der Waals surface area contributed by atoms with Gasteiger partial charge in [-0.25, -0.2) is 4.79 Å². The van der Waals surface area contributed by atoms with Crippen LogP contribution in [0.5, 0.6) is 11.5 Å². The van der Waals surface area contributed by atoms with Crippen molar-refractivity contribution in [2.24, 2.45) is 5.92 Å². The van der Waals surface area contributed by atoms with Gasteiger partial charge >= 0.3 is 5.97 Å². The monoisotopic (exact) mass is 306 g/mol. The molecular weight excluding hydrogens is 284 g/mol. The van der Waals surface area contributed by atoms with Crippen LogP contribution in [0.3, 0.4) is 0 Å². The van der Waals surface area contributed by atoms with E-state index in [2.05, 4.69) is 13.8 Å². The van der Waals surface area contributed by atoms with Crippen molar-refractivity contribution in [1.29, 1.82) is 0 Å². The number of fused-ring (bicyclic) bond motifs is 1. The van der Waals surface area contributed by atoms with Crippen molar-refractivity contribution in [3.63, 3.8) is 0 Å². The zero-order chi connectivity index (χ0) is 15.8. The SMILES string of the molecule is CC(C)CCOCCOC(=O)/C=C/c1ccc2c(c1)OCO2. The van der Waals surface area contributed by atoms with E-state index in [-0.39, 0.29) is 19.4 Å². The Bertz CT molecular complexity index is 522. The lowest BCUT2D eigenvalue weighted by atomic mass is 10.1. The zero-order valence-electron chi connectivity index (χ0n) is 13.0. The second-order valence-corrected chi connectivity index (χ2v) is 5.41. The van der Waals surface area contributed by atoms with Crippen molar-refractivity contribution < 1.29 is 23.7 Å². The molecule has 5 nitrogen and oxygen atoms in total. The highest BCUT2D eigenvalue weighted by Gasteiger charge is 2.12. The molecule has 0 aromatic heterocycles. The maximum Gasteiger partial charge on any atom is 0.330 e. The lowest BCUT2D eigenvalue weighted by Crippen LogP contribution is -2.09. The van der Waals surface area contributed by atoms with Crippen LogP contribution in [-0.2, 0) is 14.3 Å². The summed E-state index contributed by atoms with van der Waals surface area (Å²) >= 11 is 0. The van der Waals surface area contributed by atoms with Crippen molar-refractivity contribution in [2.75, 3.05) is 26.6 Å². The van der Waals surface area contributed by atoms with Gasteiger partial charge in [0.25, 0.3) is 0 Å². The van der Waals surface area contributed by atoms with Crippen LogP contribution in [0.1, 0.15) is 25.8 Å². The van der Waals surface area contributed by atoms with E-state index in [0.29, 0.717) is 24.9 Å². The Balaban J connectivity index is 1.66. The Morgan fingerprint density at radius 1 is 1.23 bits per heavy atom. The summed E-state index contributed by atoms with van der Waals surface area (Å²) < 4.78 is 20.9. The highest BCUT2D eigenvalue weighted by Crippen LogP contribution is 2.32. The highest BCUT2D eigenvalue weighted by atomic mass is 16.7. The number of esters is 1. The van der Waals surface area contributed by atoms with Crippen LogP contribution < -0.4 is 9.47 Å². The maximum absolute atomic E-state index is 11.6. The predicted molar refractivity (Wildman–Crippen MR) is 82.8 cm³/mol. The Labute approximate surface area is 130 Å². The standard InChI is InChI=1S/C17H22O5/c1-13(2)7-8-19-9-10-20-17(18)6-4-14-3-5-15-16(11-14)22-12-21-15/h3-6,11,13H,7-10,12H2,1-2H3/b6-4+. The first-order valence-corrected chi connectivity index (χ1v) is 7.47. The van der Waals surface area contributed by atoms with Gasteiger partial charge in [-0.05, 0) is 36.1 Å². The minimum atomic E-state index is -0.384. The highest BCUT2D eigenvalue weighted by molar-refractivity contribution is 5.87. The van der Waals surface area contributed by atoms with Gasteiger partial charge in [-0.3, -0.25) is 0 Å². The van der Waals surface area contributed by atoms with Crippen LogP contribution in [0.15, 0.2) is 24.3 Å². The minimum absolute atomic E-state index is 0.237. The van der Waals surface area contributed by atoms with Gasteiger partial charge in [-0.2, -0.15) is 0 Å². The van der Waals surface area contributed by atoms with Crippen molar-refractivity contribution in [3.05, 3.63) is 29.8 Å². The van der Waals surface area contributed by atoms with Crippen molar-refractivity contribution in [3.8, 4) is 11.5 Å². The van der Waals surface area contributed by atoms with Crippen molar-refractivity contribution >= 4 is 12.0 Å².